The van der Waals surface area contributed by atoms with Crippen molar-refractivity contribution < 1.29 is 5.11 Å². The number of benzene rings is 1. The molecule has 0 aromatic heterocycles. The minimum atomic E-state index is -0.324. The number of alkyl halides is 1. The van der Waals surface area contributed by atoms with Crippen LogP contribution < -0.4 is 0 Å². The van der Waals surface area contributed by atoms with Crippen LogP contribution in [0.1, 0.15) is 28.4 Å². The van der Waals surface area contributed by atoms with Gasteiger partial charge in [-0.25, -0.2) is 0 Å². The molecule has 1 aliphatic rings. The van der Waals surface area contributed by atoms with Crippen LogP contribution in [0.15, 0.2) is 12.1 Å². The van der Waals surface area contributed by atoms with Gasteiger partial charge in [0.25, 0.3) is 0 Å². The summed E-state index contributed by atoms with van der Waals surface area (Å²) >= 11 is 3.50. The van der Waals surface area contributed by atoms with Crippen molar-refractivity contribution in [3.05, 3.63) is 34.4 Å². The Morgan fingerprint density at radius 3 is 2.54 bits per heavy atom. The first kappa shape index (κ1) is 9.22. The van der Waals surface area contributed by atoms with E-state index in [0.29, 0.717) is 0 Å². The summed E-state index contributed by atoms with van der Waals surface area (Å²) in [7, 11) is 0. The van der Waals surface area contributed by atoms with Gasteiger partial charge in [-0.3, -0.25) is 0 Å². The Balaban J connectivity index is 2.61. The molecule has 0 bridgehead atoms. The van der Waals surface area contributed by atoms with Crippen LogP contribution in [-0.4, -0.2) is 9.93 Å². The predicted molar refractivity (Wildman–Crippen MR) is 57.3 cm³/mol. The molecule has 0 radical (unpaired) electrons. The molecule has 1 aromatic rings. The van der Waals surface area contributed by atoms with Gasteiger partial charge < -0.3 is 5.11 Å². The molecule has 0 saturated heterocycles. The molecule has 2 atom stereocenters. The molecule has 2 heteroatoms. The average Bonchev–Trinajstić information content (AvgIpc) is 2.38. The molecule has 1 aromatic carbocycles. The van der Waals surface area contributed by atoms with Crippen molar-refractivity contribution in [1.82, 2.24) is 0 Å². The van der Waals surface area contributed by atoms with Gasteiger partial charge in [-0.05, 0) is 42.5 Å². The van der Waals surface area contributed by atoms with Crippen molar-refractivity contribution in [3.63, 3.8) is 0 Å². The summed E-state index contributed by atoms with van der Waals surface area (Å²) in [5.74, 6) is 0. The van der Waals surface area contributed by atoms with Crippen LogP contribution in [0.2, 0.25) is 0 Å². The lowest BCUT2D eigenvalue weighted by molar-refractivity contribution is 0.187. The SMILES string of the molecule is Cc1ccc(C)c2c1CC(Br)C2O. The number of hydrogen-bond donors (Lipinski definition) is 1. The van der Waals surface area contributed by atoms with E-state index in [1.165, 1.54) is 16.7 Å². The summed E-state index contributed by atoms with van der Waals surface area (Å²) in [5.41, 5.74) is 4.97. The van der Waals surface area contributed by atoms with Crippen LogP contribution in [0.3, 0.4) is 0 Å². The molecule has 1 aliphatic carbocycles. The maximum absolute atomic E-state index is 9.91. The van der Waals surface area contributed by atoms with E-state index in [4.69, 9.17) is 0 Å². The lowest BCUT2D eigenvalue weighted by Crippen LogP contribution is -2.05. The van der Waals surface area contributed by atoms with E-state index in [1.807, 2.05) is 0 Å². The quantitative estimate of drug-likeness (QED) is 0.692. The van der Waals surface area contributed by atoms with Gasteiger partial charge in [0.15, 0.2) is 0 Å². The Hall–Kier alpha value is -0.340. The fourth-order valence-corrected chi connectivity index (χ4v) is 2.65. The van der Waals surface area contributed by atoms with Gasteiger partial charge in [0.1, 0.15) is 0 Å². The highest BCUT2D eigenvalue weighted by Gasteiger charge is 2.31. The maximum Gasteiger partial charge on any atom is 0.0923 e. The van der Waals surface area contributed by atoms with E-state index < -0.39 is 0 Å². The highest BCUT2D eigenvalue weighted by Crippen LogP contribution is 2.39. The first-order valence-electron chi connectivity index (χ1n) is 4.52. The monoisotopic (exact) mass is 240 g/mol. The largest absolute Gasteiger partial charge is 0.387 e. The second kappa shape index (κ2) is 3.10. The summed E-state index contributed by atoms with van der Waals surface area (Å²) in [6, 6.07) is 4.22. The van der Waals surface area contributed by atoms with Gasteiger partial charge >= 0.3 is 0 Å². The first-order valence-corrected chi connectivity index (χ1v) is 5.44. The number of fused-ring (bicyclic) bond motifs is 1. The first-order chi connectivity index (χ1) is 6.11. The van der Waals surface area contributed by atoms with Crippen LogP contribution in [0, 0.1) is 13.8 Å². The Labute approximate surface area is 86.9 Å². The fourth-order valence-electron chi connectivity index (χ4n) is 2.06. The highest BCUT2D eigenvalue weighted by atomic mass is 79.9. The van der Waals surface area contributed by atoms with Crippen LogP contribution in [0.25, 0.3) is 0 Å². The predicted octanol–water partition coefficient (Wildman–Crippen LogP) is 2.66. The fraction of sp³-hybridized carbons (Fsp3) is 0.455. The third-order valence-corrected chi connectivity index (χ3v) is 3.67. The van der Waals surface area contributed by atoms with E-state index in [0.717, 1.165) is 12.0 Å². The van der Waals surface area contributed by atoms with E-state index in [9.17, 15) is 5.11 Å². The molecule has 0 amide bonds. The number of halogens is 1. The average molecular weight is 241 g/mol. The molecule has 0 heterocycles. The smallest absolute Gasteiger partial charge is 0.0923 e. The third-order valence-electron chi connectivity index (χ3n) is 2.85. The molecular formula is C11H13BrO. The van der Waals surface area contributed by atoms with Crippen LogP contribution >= 0.6 is 15.9 Å². The molecule has 0 aliphatic heterocycles. The third kappa shape index (κ3) is 1.32. The number of aliphatic hydroxyl groups excluding tert-OH is 1. The summed E-state index contributed by atoms with van der Waals surface area (Å²) in [6.07, 6.45) is 0.624. The second-order valence-corrected chi connectivity index (χ2v) is 4.93. The van der Waals surface area contributed by atoms with E-state index in [-0.39, 0.29) is 10.9 Å². The number of rotatable bonds is 0. The Morgan fingerprint density at radius 2 is 1.92 bits per heavy atom. The standard InChI is InChI=1S/C11H13BrO/c1-6-3-4-7(2)10-8(6)5-9(12)11(10)13/h3-4,9,11,13H,5H2,1-2H3. The van der Waals surface area contributed by atoms with Crippen LogP contribution in [0.5, 0.6) is 0 Å². The van der Waals surface area contributed by atoms with Crippen molar-refractivity contribution in [2.24, 2.45) is 0 Å². The molecule has 2 rings (SSSR count). The molecular weight excluding hydrogens is 228 g/mol. The molecule has 0 saturated carbocycles. The minimum absolute atomic E-state index is 0.197. The second-order valence-electron chi connectivity index (χ2n) is 3.76. The maximum atomic E-state index is 9.91. The number of aryl methyl sites for hydroxylation is 2. The zero-order chi connectivity index (χ0) is 9.59. The summed E-state index contributed by atoms with van der Waals surface area (Å²) in [5, 5.41) is 9.91. The summed E-state index contributed by atoms with van der Waals surface area (Å²) in [6.45, 7) is 4.17. The van der Waals surface area contributed by atoms with Gasteiger partial charge in [0, 0.05) is 4.83 Å². The lowest BCUT2D eigenvalue weighted by Gasteiger charge is -2.10. The number of aliphatic hydroxyl groups is 1. The summed E-state index contributed by atoms with van der Waals surface area (Å²) in [4.78, 5) is 0.197. The Morgan fingerprint density at radius 1 is 1.31 bits per heavy atom. The highest BCUT2D eigenvalue weighted by molar-refractivity contribution is 9.09. The van der Waals surface area contributed by atoms with Crippen molar-refractivity contribution in [2.45, 2.75) is 31.2 Å². The Kier molecular flexibility index (Phi) is 2.20. The lowest BCUT2D eigenvalue weighted by atomic mass is 9.99. The molecule has 0 spiro atoms. The molecule has 13 heavy (non-hydrogen) atoms. The minimum Gasteiger partial charge on any atom is -0.387 e. The van der Waals surface area contributed by atoms with Gasteiger partial charge in [-0.2, -0.15) is 0 Å². The van der Waals surface area contributed by atoms with Gasteiger partial charge in [-0.15, -0.1) is 0 Å². The van der Waals surface area contributed by atoms with Gasteiger partial charge in [0.2, 0.25) is 0 Å². The molecule has 1 N–H and O–H groups in total. The van der Waals surface area contributed by atoms with Crippen molar-refractivity contribution in [2.75, 3.05) is 0 Å². The van der Waals surface area contributed by atoms with E-state index in [1.54, 1.807) is 0 Å². The van der Waals surface area contributed by atoms with Gasteiger partial charge in [-0.1, -0.05) is 28.1 Å². The van der Waals surface area contributed by atoms with Crippen LogP contribution in [-0.2, 0) is 6.42 Å². The molecule has 0 fully saturated rings. The molecule has 70 valence electrons. The van der Waals surface area contributed by atoms with Crippen molar-refractivity contribution in [1.29, 1.82) is 0 Å². The zero-order valence-electron chi connectivity index (χ0n) is 7.84. The van der Waals surface area contributed by atoms with Gasteiger partial charge in [0.05, 0.1) is 6.10 Å². The zero-order valence-corrected chi connectivity index (χ0v) is 9.43. The molecule has 1 nitrogen and oxygen atoms in total. The van der Waals surface area contributed by atoms with Crippen LogP contribution in [0.4, 0.5) is 0 Å². The summed E-state index contributed by atoms with van der Waals surface area (Å²) < 4.78 is 0. The number of hydrogen-bond acceptors (Lipinski definition) is 1. The Bertz CT molecular complexity index is 346. The topological polar surface area (TPSA) is 20.2 Å². The normalized spacial score (nSPS) is 26.2. The van der Waals surface area contributed by atoms with Crippen molar-refractivity contribution in [3.8, 4) is 0 Å². The van der Waals surface area contributed by atoms with Crippen molar-refractivity contribution >= 4 is 15.9 Å². The van der Waals surface area contributed by atoms with E-state index in [2.05, 4.69) is 41.9 Å². The van der Waals surface area contributed by atoms with E-state index >= 15 is 0 Å². The molecule has 2 unspecified atom stereocenters.